The van der Waals surface area contributed by atoms with E-state index in [-0.39, 0.29) is 6.10 Å². The molecule has 2 rings (SSSR count). The standard InChI is InChI=1S/C12H13BrN2O2/c13-10-1-2-12(9(5-10)6-14)15-7-11-3-4-16-8-17-11/h1-2,5,11,15H,3-4,7-8H2. The van der Waals surface area contributed by atoms with Gasteiger partial charge in [-0.1, -0.05) is 15.9 Å². The van der Waals surface area contributed by atoms with E-state index in [9.17, 15) is 0 Å². The number of ether oxygens (including phenoxy) is 2. The number of benzene rings is 1. The Morgan fingerprint density at radius 1 is 1.53 bits per heavy atom. The maximum atomic E-state index is 9.02. The molecule has 17 heavy (non-hydrogen) atoms. The molecule has 1 saturated heterocycles. The predicted octanol–water partition coefficient (Wildman–Crippen LogP) is 2.50. The molecule has 0 radical (unpaired) electrons. The number of anilines is 1. The molecule has 1 aliphatic rings. The molecular formula is C12H13BrN2O2. The molecule has 0 saturated carbocycles. The predicted molar refractivity (Wildman–Crippen MR) is 67.7 cm³/mol. The van der Waals surface area contributed by atoms with Crippen molar-refractivity contribution in [2.45, 2.75) is 12.5 Å². The summed E-state index contributed by atoms with van der Waals surface area (Å²) in [5, 5.41) is 12.3. The van der Waals surface area contributed by atoms with E-state index in [4.69, 9.17) is 14.7 Å². The van der Waals surface area contributed by atoms with Crippen LogP contribution in [0.2, 0.25) is 0 Å². The average Bonchev–Trinajstić information content (AvgIpc) is 2.38. The Kier molecular flexibility index (Phi) is 4.37. The van der Waals surface area contributed by atoms with Crippen molar-refractivity contribution in [3.8, 4) is 6.07 Å². The quantitative estimate of drug-likeness (QED) is 0.931. The van der Waals surface area contributed by atoms with Crippen molar-refractivity contribution in [3.63, 3.8) is 0 Å². The lowest BCUT2D eigenvalue weighted by molar-refractivity contribution is -0.133. The van der Waals surface area contributed by atoms with Crippen molar-refractivity contribution in [2.75, 3.05) is 25.3 Å². The van der Waals surface area contributed by atoms with Crippen LogP contribution in [-0.4, -0.2) is 26.0 Å². The molecule has 1 heterocycles. The molecule has 1 N–H and O–H groups in total. The normalized spacial score (nSPS) is 19.6. The van der Waals surface area contributed by atoms with Gasteiger partial charge in [-0.3, -0.25) is 0 Å². The summed E-state index contributed by atoms with van der Waals surface area (Å²) in [5.74, 6) is 0. The third-order valence-corrected chi connectivity index (χ3v) is 3.09. The number of nitrogens with zero attached hydrogens (tertiary/aromatic N) is 1. The van der Waals surface area contributed by atoms with Gasteiger partial charge in [0.25, 0.3) is 0 Å². The summed E-state index contributed by atoms with van der Waals surface area (Å²) in [7, 11) is 0. The Morgan fingerprint density at radius 3 is 3.12 bits per heavy atom. The van der Waals surface area contributed by atoms with Crippen LogP contribution < -0.4 is 5.32 Å². The monoisotopic (exact) mass is 296 g/mol. The molecule has 4 nitrogen and oxygen atoms in total. The van der Waals surface area contributed by atoms with Gasteiger partial charge >= 0.3 is 0 Å². The first-order chi connectivity index (χ1) is 8.29. The lowest BCUT2D eigenvalue weighted by Gasteiger charge is -2.23. The van der Waals surface area contributed by atoms with Crippen LogP contribution in [0.1, 0.15) is 12.0 Å². The summed E-state index contributed by atoms with van der Waals surface area (Å²) in [5.41, 5.74) is 1.47. The molecule has 0 spiro atoms. The molecule has 5 heteroatoms. The highest BCUT2D eigenvalue weighted by atomic mass is 79.9. The first-order valence-electron chi connectivity index (χ1n) is 5.42. The number of halogens is 1. The van der Waals surface area contributed by atoms with E-state index in [1.54, 1.807) is 6.07 Å². The maximum absolute atomic E-state index is 9.02. The Hall–Kier alpha value is -1.09. The van der Waals surface area contributed by atoms with Gasteiger partial charge in [0.2, 0.25) is 0 Å². The highest BCUT2D eigenvalue weighted by Gasteiger charge is 2.14. The van der Waals surface area contributed by atoms with E-state index in [0.29, 0.717) is 18.9 Å². The summed E-state index contributed by atoms with van der Waals surface area (Å²) in [6.07, 6.45) is 1.03. The van der Waals surface area contributed by atoms with Crippen LogP contribution in [0.25, 0.3) is 0 Å². The highest BCUT2D eigenvalue weighted by molar-refractivity contribution is 9.10. The van der Waals surface area contributed by atoms with E-state index in [1.807, 2.05) is 12.1 Å². The summed E-state index contributed by atoms with van der Waals surface area (Å²) >= 11 is 3.34. The highest BCUT2D eigenvalue weighted by Crippen LogP contribution is 2.20. The van der Waals surface area contributed by atoms with E-state index < -0.39 is 0 Å². The second-order valence-corrected chi connectivity index (χ2v) is 4.70. The van der Waals surface area contributed by atoms with Crippen molar-refractivity contribution >= 4 is 21.6 Å². The molecule has 0 aromatic heterocycles. The summed E-state index contributed by atoms with van der Waals surface area (Å²) in [6, 6.07) is 7.77. The van der Waals surface area contributed by atoms with Gasteiger partial charge in [0.05, 0.1) is 24.0 Å². The van der Waals surface area contributed by atoms with Crippen LogP contribution in [0.4, 0.5) is 5.69 Å². The fourth-order valence-corrected chi connectivity index (χ4v) is 2.01. The fourth-order valence-electron chi connectivity index (χ4n) is 1.65. The van der Waals surface area contributed by atoms with Gasteiger partial charge in [0.15, 0.2) is 0 Å². The number of rotatable bonds is 3. The minimum absolute atomic E-state index is 0.152. The van der Waals surface area contributed by atoms with Crippen LogP contribution in [0.5, 0.6) is 0 Å². The second kappa shape index (κ2) is 6.01. The molecule has 0 amide bonds. The maximum Gasteiger partial charge on any atom is 0.147 e. The third kappa shape index (κ3) is 3.43. The lowest BCUT2D eigenvalue weighted by Crippen LogP contribution is -2.30. The van der Waals surface area contributed by atoms with Crippen molar-refractivity contribution < 1.29 is 9.47 Å². The molecule has 1 atom stereocenters. The fraction of sp³-hybridized carbons (Fsp3) is 0.417. The van der Waals surface area contributed by atoms with E-state index in [2.05, 4.69) is 27.3 Å². The van der Waals surface area contributed by atoms with Crippen LogP contribution >= 0.6 is 15.9 Å². The van der Waals surface area contributed by atoms with E-state index in [0.717, 1.165) is 23.2 Å². The largest absolute Gasteiger partial charge is 0.381 e. The van der Waals surface area contributed by atoms with Crippen molar-refractivity contribution in [2.24, 2.45) is 0 Å². The number of nitriles is 1. The number of hydrogen-bond donors (Lipinski definition) is 1. The SMILES string of the molecule is N#Cc1cc(Br)ccc1NCC1CCOCO1. The van der Waals surface area contributed by atoms with Gasteiger partial charge < -0.3 is 14.8 Å². The van der Waals surface area contributed by atoms with E-state index >= 15 is 0 Å². The van der Waals surface area contributed by atoms with Gasteiger partial charge in [-0.2, -0.15) is 5.26 Å². The zero-order valence-electron chi connectivity index (χ0n) is 9.28. The van der Waals surface area contributed by atoms with Crippen LogP contribution in [0.15, 0.2) is 22.7 Å². The Bertz CT molecular complexity index is 425. The van der Waals surface area contributed by atoms with Gasteiger partial charge in [0, 0.05) is 11.0 Å². The van der Waals surface area contributed by atoms with Crippen LogP contribution in [-0.2, 0) is 9.47 Å². The van der Waals surface area contributed by atoms with Crippen molar-refractivity contribution in [1.82, 2.24) is 0 Å². The Morgan fingerprint density at radius 2 is 2.41 bits per heavy atom. The molecule has 1 aliphatic heterocycles. The average molecular weight is 297 g/mol. The number of nitrogens with one attached hydrogen (secondary N) is 1. The molecule has 0 aliphatic carbocycles. The second-order valence-electron chi connectivity index (χ2n) is 3.79. The lowest BCUT2D eigenvalue weighted by atomic mass is 10.2. The van der Waals surface area contributed by atoms with Crippen LogP contribution in [0.3, 0.4) is 0 Å². The van der Waals surface area contributed by atoms with Crippen LogP contribution in [0, 0.1) is 11.3 Å². The minimum Gasteiger partial charge on any atom is -0.381 e. The van der Waals surface area contributed by atoms with Crippen molar-refractivity contribution in [3.05, 3.63) is 28.2 Å². The summed E-state index contributed by atoms with van der Waals surface area (Å²) in [4.78, 5) is 0. The molecule has 1 aromatic carbocycles. The summed E-state index contributed by atoms with van der Waals surface area (Å²) < 4.78 is 11.4. The number of hydrogen-bond acceptors (Lipinski definition) is 4. The molecular weight excluding hydrogens is 284 g/mol. The Labute approximate surface area is 109 Å². The van der Waals surface area contributed by atoms with E-state index in [1.165, 1.54) is 0 Å². The molecule has 1 unspecified atom stereocenters. The van der Waals surface area contributed by atoms with Gasteiger partial charge in [-0.05, 0) is 24.6 Å². The van der Waals surface area contributed by atoms with Crippen molar-refractivity contribution in [1.29, 1.82) is 5.26 Å². The van der Waals surface area contributed by atoms with Gasteiger partial charge in [0.1, 0.15) is 12.9 Å². The molecule has 90 valence electrons. The molecule has 1 fully saturated rings. The topological polar surface area (TPSA) is 54.3 Å². The Balaban J connectivity index is 1.96. The summed E-state index contributed by atoms with van der Waals surface area (Å²) in [6.45, 7) is 1.79. The first kappa shape index (κ1) is 12.4. The molecule has 0 bridgehead atoms. The smallest absolute Gasteiger partial charge is 0.147 e. The van der Waals surface area contributed by atoms with Gasteiger partial charge in [-0.25, -0.2) is 0 Å². The zero-order valence-corrected chi connectivity index (χ0v) is 10.9. The van der Waals surface area contributed by atoms with Gasteiger partial charge in [-0.15, -0.1) is 0 Å². The molecule has 1 aromatic rings. The first-order valence-corrected chi connectivity index (χ1v) is 6.22. The minimum atomic E-state index is 0.152. The third-order valence-electron chi connectivity index (χ3n) is 2.59. The zero-order chi connectivity index (χ0) is 12.1.